The number of hydrogen-bond donors (Lipinski definition) is 3. The molecule has 0 aliphatic carbocycles. The van der Waals surface area contributed by atoms with Crippen molar-refractivity contribution in [2.45, 2.75) is 46.1 Å². The predicted octanol–water partition coefficient (Wildman–Crippen LogP) is 3.06. The van der Waals surface area contributed by atoms with Crippen molar-refractivity contribution in [1.82, 2.24) is 10.4 Å². The van der Waals surface area contributed by atoms with Gasteiger partial charge in [-0.05, 0) is 24.5 Å². The van der Waals surface area contributed by atoms with E-state index in [0.717, 1.165) is 12.8 Å². The Bertz CT molecular complexity index is 650. The summed E-state index contributed by atoms with van der Waals surface area (Å²) in [5.74, 6) is -0.313. The SMILES string of the molecule is CCCCC(CN(O)C=O)C(=O)C(NC(=O)Nc1cccc(OC)c1)C(C)C. The van der Waals surface area contributed by atoms with Crippen molar-refractivity contribution in [2.24, 2.45) is 11.8 Å². The van der Waals surface area contributed by atoms with Crippen molar-refractivity contribution in [3.05, 3.63) is 24.3 Å². The number of ketones is 1. The van der Waals surface area contributed by atoms with Gasteiger partial charge < -0.3 is 15.4 Å². The van der Waals surface area contributed by atoms with Crippen LogP contribution in [0, 0.1) is 11.8 Å². The maximum absolute atomic E-state index is 13.0. The van der Waals surface area contributed by atoms with Crippen LogP contribution in [0.2, 0.25) is 0 Å². The number of Topliss-reactive ketones (excluding diaryl/α,β-unsaturated/α-hetero) is 1. The fourth-order valence-electron chi connectivity index (χ4n) is 2.87. The molecular weight excluding hydrogens is 362 g/mol. The standard InChI is InChI=1S/C20H31N3O5/c1-5-6-8-15(12-23(27)13-24)19(25)18(14(2)3)22-20(26)21-16-9-7-10-17(11-16)28-4/h7,9-11,13-15,18,27H,5-6,8,12H2,1-4H3,(H2,21,22,26). The largest absolute Gasteiger partial charge is 0.497 e. The number of hydroxylamine groups is 2. The summed E-state index contributed by atoms with van der Waals surface area (Å²) in [6, 6.07) is 5.64. The number of urea groups is 1. The van der Waals surface area contributed by atoms with E-state index in [1.54, 1.807) is 24.3 Å². The van der Waals surface area contributed by atoms with Crippen molar-refractivity contribution in [2.75, 3.05) is 19.0 Å². The predicted molar refractivity (Wildman–Crippen MR) is 106 cm³/mol. The molecule has 1 rings (SSSR count). The molecule has 0 saturated carbocycles. The molecule has 0 aromatic heterocycles. The Hall–Kier alpha value is -2.61. The van der Waals surface area contributed by atoms with Gasteiger partial charge in [-0.1, -0.05) is 39.7 Å². The fourth-order valence-corrected chi connectivity index (χ4v) is 2.87. The van der Waals surface area contributed by atoms with Gasteiger partial charge in [0, 0.05) is 17.7 Å². The fraction of sp³-hybridized carbons (Fsp3) is 0.550. The van der Waals surface area contributed by atoms with Gasteiger partial charge in [-0.3, -0.25) is 14.8 Å². The molecule has 0 spiro atoms. The summed E-state index contributed by atoms with van der Waals surface area (Å²) in [6.45, 7) is 5.58. The third kappa shape index (κ3) is 7.56. The molecule has 3 N–H and O–H groups in total. The minimum absolute atomic E-state index is 0.0925. The van der Waals surface area contributed by atoms with Crippen molar-refractivity contribution < 1.29 is 24.3 Å². The van der Waals surface area contributed by atoms with E-state index in [-0.39, 0.29) is 24.7 Å². The van der Waals surface area contributed by atoms with Crippen molar-refractivity contribution in [1.29, 1.82) is 0 Å². The highest BCUT2D eigenvalue weighted by molar-refractivity contribution is 5.95. The van der Waals surface area contributed by atoms with Crippen LogP contribution in [0.1, 0.15) is 40.0 Å². The van der Waals surface area contributed by atoms with Gasteiger partial charge in [0.1, 0.15) is 5.75 Å². The van der Waals surface area contributed by atoms with Crippen LogP contribution >= 0.6 is 0 Å². The van der Waals surface area contributed by atoms with E-state index >= 15 is 0 Å². The lowest BCUT2D eigenvalue weighted by Gasteiger charge is -2.27. The van der Waals surface area contributed by atoms with Crippen LogP contribution in [0.25, 0.3) is 0 Å². The minimum atomic E-state index is -0.743. The van der Waals surface area contributed by atoms with E-state index in [9.17, 15) is 19.6 Å². The van der Waals surface area contributed by atoms with Gasteiger partial charge >= 0.3 is 6.03 Å². The number of nitrogens with one attached hydrogen (secondary N) is 2. The second-order valence-electron chi connectivity index (χ2n) is 7.02. The summed E-state index contributed by atoms with van der Waals surface area (Å²) >= 11 is 0. The van der Waals surface area contributed by atoms with Gasteiger partial charge in [0.25, 0.3) is 0 Å². The van der Waals surface area contributed by atoms with Gasteiger partial charge in [-0.25, -0.2) is 9.86 Å². The molecule has 0 aliphatic heterocycles. The first kappa shape index (κ1) is 23.4. The van der Waals surface area contributed by atoms with Crippen LogP contribution < -0.4 is 15.4 Å². The van der Waals surface area contributed by atoms with E-state index in [1.165, 1.54) is 7.11 Å². The third-order valence-corrected chi connectivity index (χ3v) is 4.43. The topological polar surface area (TPSA) is 108 Å². The highest BCUT2D eigenvalue weighted by atomic mass is 16.5. The molecule has 0 aliphatic rings. The Morgan fingerprint density at radius 2 is 2.04 bits per heavy atom. The molecule has 0 fully saturated rings. The zero-order valence-corrected chi connectivity index (χ0v) is 17.0. The highest BCUT2D eigenvalue weighted by Crippen LogP contribution is 2.19. The molecule has 0 bridgehead atoms. The first-order chi connectivity index (χ1) is 13.3. The minimum Gasteiger partial charge on any atom is -0.497 e. The Labute approximate surface area is 166 Å². The number of ether oxygens (including phenoxy) is 1. The summed E-state index contributed by atoms with van der Waals surface area (Å²) in [4.78, 5) is 36.2. The number of benzene rings is 1. The highest BCUT2D eigenvalue weighted by Gasteiger charge is 2.31. The summed E-state index contributed by atoms with van der Waals surface area (Å²) in [7, 11) is 1.53. The molecule has 1 aromatic rings. The smallest absolute Gasteiger partial charge is 0.319 e. The van der Waals surface area contributed by atoms with Crippen LogP contribution in [0.5, 0.6) is 5.75 Å². The van der Waals surface area contributed by atoms with Crippen LogP contribution in [-0.2, 0) is 9.59 Å². The number of carbonyl (C=O) groups excluding carboxylic acids is 3. The molecule has 28 heavy (non-hydrogen) atoms. The molecule has 156 valence electrons. The number of amides is 3. The average molecular weight is 393 g/mol. The molecule has 0 saturated heterocycles. The number of nitrogens with zero attached hydrogens (tertiary/aromatic N) is 1. The Balaban J connectivity index is 2.86. The van der Waals surface area contributed by atoms with Gasteiger partial charge in [-0.2, -0.15) is 0 Å². The molecule has 8 heteroatoms. The third-order valence-electron chi connectivity index (χ3n) is 4.43. The Kier molecular flexibility index (Phi) is 10.0. The number of methoxy groups -OCH3 is 1. The summed E-state index contributed by atoms with van der Waals surface area (Å²) < 4.78 is 5.13. The van der Waals surface area contributed by atoms with Crippen LogP contribution in [-0.4, -0.2) is 48.2 Å². The quantitative estimate of drug-likeness (QED) is 0.287. The molecule has 0 heterocycles. The van der Waals surface area contributed by atoms with E-state index < -0.39 is 18.0 Å². The lowest BCUT2D eigenvalue weighted by molar-refractivity contribution is -0.154. The van der Waals surface area contributed by atoms with E-state index in [4.69, 9.17) is 4.74 Å². The first-order valence-electron chi connectivity index (χ1n) is 9.48. The molecule has 1 aromatic carbocycles. The van der Waals surface area contributed by atoms with E-state index in [2.05, 4.69) is 10.6 Å². The number of carbonyl (C=O) groups is 3. The average Bonchev–Trinajstić information content (AvgIpc) is 2.68. The Morgan fingerprint density at radius 1 is 1.32 bits per heavy atom. The lowest BCUT2D eigenvalue weighted by atomic mass is 9.87. The molecular formula is C20H31N3O5. The zero-order chi connectivity index (χ0) is 21.1. The summed E-state index contributed by atoms with van der Waals surface area (Å²) in [6.07, 6.45) is 2.47. The van der Waals surface area contributed by atoms with Crippen molar-refractivity contribution in [3.8, 4) is 5.75 Å². The molecule has 2 atom stereocenters. The van der Waals surface area contributed by atoms with Gasteiger partial charge in [0.2, 0.25) is 6.41 Å². The summed E-state index contributed by atoms with van der Waals surface area (Å²) in [5.41, 5.74) is 0.539. The number of anilines is 1. The van der Waals surface area contributed by atoms with Crippen LogP contribution in [0.15, 0.2) is 24.3 Å². The second-order valence-corrected chi connectivity index (χ2v) is 7.02. The lowest BCUT2D eigenvalue weighted by Crippen LogP contribution is -2.49. The number of hydrogen-bond acceptors (Lipinski definition) is 5. The summed E-state index contributed by atoms with van der Waals surface area (Å²) in [5, 5.41) is 15.4. The van der Waals surface area contributed by atoms with E-state index in [1.807, 2.05) is 20.8 Å². The molecule has 8 nitrogen and oxygen atoms in total. The molecule has 2 unspecified atom stereocenters. The second kappa shape index (κ2) is 12.0. The monoisotopic (exact) mass is 393 g/mol. The van der Waals surface area contributed by atoms with E-state index in [0.29, 0.717) is 22.9 Å². The first-order valence-corrected chi connectivity index (χ1v) is 9.48. The normalized spacial score (nSPS) is 12.8. The van der Waals surface area contributed by atoms with Gasteiger partial charge in [-0.15, -0.1) is 0 Å². The van der Waals surface area contributed by atoms with Crippen molar-refractivity contribution in [3.63, 3.8) is 0 Å². The number of rotatable bonds is 12. The Morgan fingerprint density at radius 3 is 2.61 bits per heavy atom. The zero-order valence-electron chi connectivity index (χ0n) is 17.0. The molecule has 3 amide bonds. The number of unbranched alkanes of at least 4 members (excludes halogenated alkanes) is 1. The van der Waals surface area contributed by atoms with Crippen LogP contribution in [0.3, 0.4) is 0 Å². The maximum Gasteiger partial charge on any atom is 0.319 e. The molecule has 0 radical (unpaired) electrons. The van der Waals surface area contributed by atoms with Crippen molar-refractivity contribution >= 4 is 23.9 Å². The maximum atomic E-state index is 13.0. The van der Waals surface area contributed by atoms with Gasteiger partial charge in [0.05, 0.1) is 19.7 Å². The van der Waals surface area contributed by atoms with Crippen LogP contribution in [0.4, 0.5) is 10.5 Å². The van der Waals surface area contributed by atoms with Gasteiger partial charge in [0.15, 0.2) is 5.78 Å².